The van der Waals surface area contributed by atoms with Crippen molar-refractivity contribution in [2.45, 2.75) is 19.9 Å². The molecule has 0 fully saturated rings. The van der Waals surface area contributed by atoms with E-state index in [2.05, 4.69) is 27.5 Å². The average molecular weight is 307 g/mol. The second-order valence-electron chi connectivity index (χ2n) is 4.49. The second-order valence-corrected chi connectivity index (χ2v) is 4.90. The summed E-state index contributed by atoms with van der Waals surface area (Å²) in [6, 6.07) is 5.58. The van der Waals surface area contributed by atoms with Crippen molar-refractivity contribution in [3.05, 3.63) is 41.2 Å². The summed E-state index contributed by atoms with van der Waals surface area (Å²) in [7, 11) is 1.63. The van der Waals surface area contributed by atoms with Crippen molar-refractivity contribution in [3.63, 3.8) is 0 Å². The summed E-state index contributed by atoms with van der Waals surface area (Å²) in [4.78, 5) is 8.60. The fraction of sp³-hybridized carbons (Fsp3) is 0.333. The lowest BCUT2D eigenvalue weighted by Crippen LogP contribution is -2.07. The molecule has 1 aromatic carbocycles. The molecule has 1 aromatic heterocycles. The van der Waals surface area contributed by atoms with Crippen LogP contribution in [0.5, 0.6) is 5.75 Å². The second kappa shape index (κ2) is 7.69. The molecule has 0 amide bonds. The molecule has 21 heavy (non-hydrogen) atoms. The molecule has 0 atom stereocenters. The highest BCUT2D eigenvalue weighted by molar-refractivity contribution is 6.31. The van der Waals surface area contributed by atoms with Crippen LogP contribution in [0, 0.1) is 0 Å². The maximum atomic E-state index is 6.21. The Morgan fingerprint density at radius 2 is 1.95 bits per heavy atom. The molecule has 2 N–H and O–H groups in total. The van der Waals surface area contributed by atoms with E-state index >= 15 is 0 Å². The first-order valence-electron chi connectivity index (χ1n) is 6.85. The van der Waals surface area contributed by atoms with E-state index in [4.69, 9.17) is 16.3 Å². The number of nitrogens with one attached hydrogen (secondary N) is 2. The summed E-state index contributed by atoms with van der Waals surface area (Å²) in [5.74, 6) is 2.20. The largest absolute Gasteiger partial charge is 0.496 e. The van der Waals surface area contributed by atoms with Gasteiger partial charge in [-0.05, 0) is 18.6 Å². The van der Waals surface area contributed by atoms with Gasteiger partial charge in [-0.25, -0.2) is 4.98 Å². The van der Waals surface area contributed by atoms with Crippen LogP contribution in [-0.4, -0.2) is 23.6 Å². The average Bonchev–Trinajstić information content (AvgIpc) is 2.52. The van der Waals surface area contributed by atoms with Crippen molar-refractivity contribution in [2.75, 3.05) is 24.3 Å². The summed E-state index contributed by atoms with van der Waals surface area (Å²) < 4.78 is 5.32. The van der Waals surface area contributed by atoms with Crippen molar-refractivity contribution in [2.24, 2.45) is 0 Å². The van der Waals surface area contributed by atoms with Gasteiger partial charge >= 0.3 is 0 Å². The lowest BCUT2D eigenvalue weighted by Gasteiger charge is -2.12. The number of aromatic nitrogens is 2. The van der Waals surface area contributed by atoms with E-state index in [0.717, 1.165) is 30.1 Å². The van der Waals surface area contributed by atoms with E-state index in [1.165, 1.54) is 0 Å². The SMILES string of the molecule is CCCNc1cncc(NCc2c(Cl)cccc2OC)n1. The molecule has 0 aliphatic rings. The summed E-state index contributed by atoms with van der Waals surface area (Å²) in [6.45, 7) is 3.50. The minimum absolute atomic E-state index is 0.523. The van der Waals surface area contributed by atoms with Crippen molar-refractivity contribution >= 4 is 23.2 Å². The molecule has 2 rings (SSSR count). The molecule has 0 bridgehead atoms. The number of methoxy groups -OCH3 is 1. The number of hydrogen-bond donors (Lipinski definition) is 2. The number of rotatable bonds is 7. The van der Waals surface area contributed by atoms with Gasteiger partial charge in [-0.3, -0.25) is 4.98 Å². The Hall–Kier alpha value is -2.01. The monoisotopic (exact) mass is 306 g/mol. The van der Waals surface area contributed by atoms with Crippen LogP contribution in [-0.2, 0) is 6.54 Å². The number of benzene rings is 1. The maximum Gasteiger partial charge on any atom is 0.147 e. The van der Waals surface area contributed by atoms with Gasteiger partial charge in [0.15, 0.2) is 0 Å². The Morgan fingerprint density at radius 1 is 1.19 bits per heavy atom. The van der Waals surface area contributed by atoms with Crippen LogP contribution in [0.4, 0.5) is 11.6 Å². The van der Waals surface area contributed by atoms with Gasteiger partial charge in [-0.2, -0.15) is 0 Å². The van der Waals surface area contributed by atoms with Crippen LogP contribution in [0.3, 0.4) is 0 Å². The van der Waals surface area contributed by atoms with Gasteiger partial charge in [0.2, 0.25) is 0 Å². The molecule has 1 heterocycles. The first kappa shape index (κ1) is 15.4. The first-order chi connectivity index (χ1) is 10.2. The van der Waals surface area contributed by atoms with E-state index in [1.54, 1.807) is 19.5 Å². The third kappa shape index (κ3) is 4.23. The van der Waals surface area contributed by atoms with E-state index in [0.29, 0.717) is 17.4 Å². The van der Waals surface area contributed by atoms with Crippen molar-refractivity contribution < 1.29 is 4.74 Å². The third-order valence-corrected chi connectivity index (χ3v) is 3.29. The van der Waals surface area contributed by atoms with Crippen LogP contribution in [0.1, 0.15) is 18.9 Å². The van der Waals surface area contributed by atoms with Crippen molar-refractivity contribution in [1.82, 2.24) is 9.97 Å². The molecular weight excluding hydrogens is 288 g/mol. The van der Waals surface area contributed by atoms with E-state index in [9.17, 15) is 0 Å². The molecular formula is C15H19ClN4O. The van der Waals surface area contributed by atoms with E-state index < -0.39 is 0 Å². The smallest absolute Gasteiger partial charge is 0.147 e. The Bertz CT molecular complexity index is 592. The predicted molar refractivity (Wildman–Crippen MR) is 86.1 cm³/mol. The highest BCUT2D eigenvalue weighted by Gasteiger charge is 2.08. The predicted octanol–water partition coefficient (Wildman–Crippen LogP) is 3.57. The fourth-order valence-electron chi connectivity index (χ4n) is 1.87. The summed E-state index contributed by atoms with van der Waals surface area (Å²) in [6.07, 6.45) is 4.42. The Morgan fingerprint density at radius 3 is 2.67 bits per heavy atom. The van der Waals surface area contributed by atoms with Gasteiger partial charge in [0.05, 0.1) is 19.5 Å². The van der Waals surface area contributed by atoms with Crippen LogP contribution < -0.4 is 15.4 Å². The van der Waals surface area contributed by atoms with Gasteiger partial charge < -0.3 is 15.4 Å². The normalized spacial score (nSPS) is 10.2. The maximum absolute atomic E-state index is 6.21. The zero-order valence-corrected chi connectivity index (χ0v) is 12.9. The lowest BCUT2D eigenvalue weighted by atomic mass is 10.2. The molecule has 6 heteroatoms. The highest BCUT2D eigenvalue weighted by Crippen LogP contribution is 2.26. The van der Waals surface area contributed by atoms with Crippen LogP contribution in [0.25, 0.3) is 0 Å². The van der Waals surface area contributed by atoms with Crippen molar-refractivity contribution in [1.29, 1.82) is 0 Å². The third-order valence-electron chi connectivity index (χ3n) is 2.93. The van der Waals surface area contributed by atoms with Gasteiger partial charge in [0.1, 0.15) is 17.4 Å². The Kier molecular flexibility index (Phi) is 5.63. The number of anilines is 2. The molecule has 0 aliphatic heterocycles. The molecule has 0 saturated heterocycles. The van der Waals surface area contributed by atoms with Gasteiger partial charge in [0.25, 0.3) is 0 Å². The van der Waals surface area contributed by atoms with Gasteiger partial charge in [-0.1, -0.05) is 24.6 Å². The Balaban J connectivity index is 2.06. The summed E-state index contributed by atoms with van der Waals surface area (Å²) in [5.41, 5.74) is 0.899. The van der Waals surface area contributed by atoms with E-state index in [-0.39, 0.29) is 0 Å². The van der Waals surface area contributed by atoms with Crippen LogP contribution >= 0.6 is 11.6 Å². The number of ether oxygens (including phenoxy) is 1. The summed E-state index contributed by atoms with van der Waals surface area (Å²) >= 11 is 6.21. The number of nitrogens with zero attached hydrogens (tertiary/aromatic N) is 2. The first-order valence-corrected chi connectivity index (χ1v) is 7.23. The molecule has 0 spiro atoms. The van der Waals surface area contributed by atoms with Gasteiger partial charge in [0, 0.05) is 23.7 Å². The highest BCUT2D eigenvalue weighted by atomic mass is 35.5. The zero-order valence-electron chi connectivity index (χ0n) is 12.2. The molecule has 5 nitrogen and oxygen atoms in total. The minimum atomic E-state index is 0.523. The van der Waals surface area contributed by atoms with Crippen LogP contribution in [0.2, 0.25) is 5.02 Å². The Labute approximate surface area is 129 Å². The molecule has 0 aliphatic carbocycles. The quantitative estimate of drug-likeness (QED) is 0.819. The molecule has 0 saturated carbocycles. The number of hydrogen-bond acceptors (Lipinski definition) is 5. The molecule has 2 aromatic rings. The van der Waals surface area contributed by atoms with Crippen LogP contribution in [0.15, 0.2) is 30.6 Å². The standard InChI is InChI=1S/C15H19ClN4O/c1-3-7-18-14-9-17-10-15(20-14)19-8-11-12(16)5-4-6-13(11)21-2/h4-6,9-10H,3,7-8H2,1-2H3,(H2,18,19,20). The fourth-order valence-corrected chi connectivity index (χ4v) is 2.10. The molecule has 0 unspecified atom stereocenters. The number of halogens is 1. The summed E-state index contributed by atoms with van der Waals surface area (Å²) in [5, 5.41) is 7.08. The lowest BCUT2D eigenvalue weighted by molar-refractivity contribution is 0.410. The zero-order chi connectivity index (χ0) is 15.1. The molecule has 112 valence electrons. The minimum Gasteiger partial charge on any atom is -0.496 e. The van der Waals surface area contributed by atoms with Gasteiger partial charge in [-0.15, -0.1) is 0 Å². The van der Waals surface area contributed by atoms with E-state index in [1.807, 2.05) is 18.2 Å². The van der Waals surface area contributed by atoms with Crippen molar-refractivity contribution in [3.8, 4) is 5.75 Å². The topological polar surface area (TPSA) is 59.1 Å². The molecule has 0 radical (unpaired) electrons.